The van der Waals surface area contributed by atoms with Gasteiger partial charge in [0.2, 0.25) is 11.8 Å². The van der Waals surface area contributed by atoms with Gasteiger partial charge in [0.15, 0.2) is 0 Å². The first-order valence-corrected chi connectivity index (χ1v) is 14.8. The number of para-hydroxylation sites is 1. The number of carbonyl (C=O) groups excluding carboxylic acids is 3. The van der Waals surface area contributed by atoms with E-state index in [9.17, 15) is 19.2 Å². The second-order valence-electron chi connectivity index (χ2n) is 10.8. The topological polar surface area (TPSA) is 116 Å². The highest BCUT2D eigenvalue weighted by atomic mass is 16.4. The van der Waals surface area contributed by atoms with Crippen molar-refractivity contribution >= 4 is 29.4 Å². The van der Waals surface area contributed by atoms with E-state index < -0.39 is 5.97 Å². The van der Waals surface area contributed by atoms with Crippen LogP contribution in [0.15, 0.2) is 97.1 Å². The summed E-state index contributed by atoms with van der Waals surface area (Å²) in [7, 11) is 0. The van der Waals surface area contributed by atoms with Crippen LogP contribution < -0.4 is 15.5 Å². The third-order valence-corrected chi connectivity index (χ3v) is 7.58. The fraction of sp³-hybridized carbons (Fsp3) is 0.189. The minimum absolute atomic E-state index is 0.00146. The van der Waals surface area contributed by atoms with Gasteiger partial charge in [-0.1, -0.05) is 66.4 Å². The van der Waals surface area contributed by atoms with Crippen LogP contribution in [0.25, 0.3) is 0 Å². The van der Waals surface area contributed by atoms with Crippen molar-refractivity contribution in [2.24, 2.45) is 0 Å². The molecule has 45 heavy (non-hydrogen) atoms. The van der Waals surface area contributed by atoms with Crippen molar-refractivity contribution < 1.29 is 24.3 Å². The monoisotopic (exact) mass is 599 g/mol. The summed E-state index contributed by atoms with van der Waals surface area (Å²) in [6.45, 7) is 1.06. The zero-order valence-corrected chi connectivity index (χ0v) is 24.7. The van der Waals surface area contributed by atoms with Crippen LogP contribution in [0.1, 0.15) is 74.2 Å². The molecule has 0 atom stereocenters. The minimum atomic E-state index is -0.998. The molecule has 8 heteroatoms. The van der Waals surface area contributed by atoms with Crippen LogP contribution in [-0.4, -0.2) is 28.8 Å². The average Bonchev–Trinajstić information content (AvgIpc) is 3.06. The molecular formula is C37H33N3O5. The molecule has 0 saturated heterocycles. The maximum atomic E-state index is 13.3. The fourth-order valence-electron chi connectivity index (χ4n) is 5.02. The van der Waals surface area contributed by atoms with Gasteiger partial charge in [-0.05, 0) is 72.0 Å². The lowest BCUT2D eigenvalue weighted by Gasteiger charge is -2.26. The highest BCUT2D eigenvalue weighted by molar-refractivity contribution is 5.95. The summed E-state index contributed by atoms with van der Waals surface area (Å²) < 4.78 is 0. The Bertz CT molecular complexity index is 1770. The number of aromatic carboxylic acids is 1. The third-order valence-electron chi connectivity index (χ3n) is 7.58. The van der Waals surface area contributed by atoms with E-state index >= 15 is 0 Å². The van der Waals surface area contributed by atoms with Crippen molar-refractivity contribution in [3.05, 3.63) is 136 Å². The maximum absolute atomic E-state index is 13.3. The Morgan fingerprint density at radius 3 is 1.96 bits per heavy atom. The van der Waals surface area contributed by atoms with E-state index in [-0.39, 0.29) is 29.8 Å². The average molecular weight is 600 g/mol. The van der Waals surface area contributed by atoms with E-state index in [4.69, 9.17) is 5.11 Å². The van der Waals surface area contributed by atoms with Crippen LogP contribution in [0.3, 0.4) is 0 Å². The number of unbranched alkanes of at least 4 members (excludes halogenated alkanes) is 1. The Kier molecular flexibility index (Phi) is 10.0. The zero-order valence-electron chi connectivity index (χ0n) is 24.7. The molecule has 3 amide bonds. The number of fused-ring (bicyclic) bond motifs is 2. The van der Waals surface area contributed by atoms with Crippen molar-refractivity contribution in [3.8, 4) is 11.8 Å². The molecule has 226 valence electrons. The van der Waals surface area contributed by atoms with Gasteiger partial charge < -0.3 is 20.6 Å². The predicted octanol–water partition coefficient (Wildman–Crippen LogP) is 5.44. The first-order valence-electron chi connectivity index (χ1n) is 14.8. The summed E-state index contributed by atoms with van der Waals surface area (Å²) in [4.78, 5) is 51.1. The number of carbonyl (C=O) groups is 4. The molecule has 1 heterocycles. The van der Waals surface area contributed by atoms with Crippen molar-refractivity contribution in [1.29, 1.82) is 0 Å². The molecule has 0 bridgehead atoms. The smallest absolute Gasteiger partial charge is 0.335 e. The van der Waals surface area contributed by atoms with Crippen LogP contribution in [0.4, 0.5) is 5.69 Å². The Hall–Kier alpha value is -5.68. The molecule has 0 unspecified atom stereocenters. The van der Waals surface area contributed by atoms with E-state index in [0.717, 1.165) is 33.5 Å². The summed E-state index contributed by atoms with van der Waals surface area (Å²) in [5, 5.41) is 14.7. The lowest BCUT2D eigenvalue weighted by molar-refractivity contribution is -0.122. The maximum Gasteiger partial charge on any atom is 0.335 e. The number of benzene rings is 4. The molecule has 0 fully saturated rings. The van der Waals surface area contributed by atoms with Crippen LogP contribution in [0, 0.1) is 11.8 Å². The lowest BCUT2D eigenvalue weighted by atomic mass is 10.0. The van der Waals surface area contributed by atoms with Gasteiger partial charge in [0.05, 0.1) is 17.8 Å². The Morgan fingerprint density at radius 2 is 1.24 bits per heavy atom. The normalized spacial score (nSPS) is 11.5. The first-order chi connectivity index (χ1) is 21.9. The van der Waals surface area contributed by atoms with Gasteiger partial charge in [-0.25, -0.2) is 4.79 Å². The van der Waals surface area contributed by atoms with E-state index in [1.165, 1.54) is 12.1 Å². The number of rotatable bonds is 11. The van der Waals surface area contributed by atoms with Gasteiger partial charge in [-0.3, -0.25) is 14.4 Å². The summed E-state index contributed by atoms with van der Waals surface area (Å²) in [5.41, 5.74) is 5.87. The van der Waals surface area contributed by atoms with Gasteiger partial charge >= 0.3 is 5.97 Å². The van der Waals surface area contributed by atoms with Crippen molar-refractivity contribution in [2.75, 3.05) is 4.90 Å². The van der Waals surface area contributed by atoms with E-state index in [1.807, 2.05) is 48.5 Å². The van der Waals surface area contributed by atoms with Gasteiger partial charge in [0.1, 0.15) is 0 Å². The standard InChI is InChI=1S/C37H33N3O5/c41-34(38-23-26-13-17-30(18-14-26)36(43)39-24-27-15-19-31(20-16-27)37(44)45)11-5-6-12-35(42)40-25-32-9-2-1-7-28(32)21-22-29-8-3-4-10-33(29)40/h1-4,7-10,13-20H,5-6,11-12,23-25H2,(H,38,41)(H,39,43)(H,44,45). The summed E-state index contributed by atoms with van der Waals surface area (Å²) in [6.07, 6.45) is 1.81. The number of hydrogen-bond donors (Lipinski definition) is 3. The number of anilines is 1. The second-order valence-corrected chi connectivity index (χ2v) is 10.8. The number of carboxylic acids is 1. The highest BCUT2D eigenvalue weighted by Gasteiger charge is 2.21. The van der Waals surface area contributed by atoms with Crippen molar-refractivity contribution in [2.45, 2.75) is 45.3 Å². The van der Waals surface area contributed by atoms with Crippen molar-refractivity contribution in [3.63, 3.8) is 0 Å². The number of nitrogens with one attached hydrogen (secondary N) is 2. The Morgan fingerprint density at radius 1 is 0.667 bits per heavy atom. The Balaban J connectivity index is 1.04. The SMILES string of the molecule is O=C(CCCCC(=O)N1Cc2ccccc2C#Cc2ccccc21)NCc1ccc(C(=O)NCc2ccc(C(=O)O)cc2)cc1. The van der Waals surface area contributed by atoms with Crippen LogP contribution in [-0.2, 0) is 29.2 Å². The Labute approximate surface area is 262 Å². The van der Waals surface area contributed by atoms with Gasteiger partial charge in [-0.15, -0.1) is 0 Å². The largest absolute Gasteiger partial charge is 0.478 e. The predicted molar refractivity (Wildman–Crippen MR) is 171 cm³/mol. The highest BCUT2D eigenvalue weighted by Crippen LogP contribution is 2.26. The number of amides is 3. The molecule has 0 radical (unpaired) electrons. The molecule has 0 saturated carbocycles. The fourth-order valence-corrected chi connectivity index (χ4v) is 5.02. The molecule has 0 aliphatic carbocycles. The first kappa shape index (κ1) is 30.8. The van der Waals surface area contributed by atoms with Gasteiger partial charge in [0, 0.05) is 42.6 Å². The third kappa shape index (κ3) is 8.24. The summed E-state index contributed by atoms with van der Waals surface area (Å²) in [5.74, 6) is 5.09. The molecule has 8 nitrogen and oxygen atoms in total. The number of hydrogen-bond acceptors (Lipinski definition) is 4. The quantitative estimate of drug-likeness (QED) is 0.157. The minimum Gasteiger partial charge on any atom is -0.478 e. The van der Waals surface area contributed by atoms with E-state index in [2.05, 4.69) is 22.5 Å². The molecule has 0 aromatic heterocycles. The molecule has 3 N–H and O–H groups in total. The zero-order chi connectivity index (χ0) is 31.6. The molecule has 0 spiro atoms. The molecule has 5 rings (SSSR count). The van der Waals surface area contributed by atoms with Crippen LogP contribution >= 0.6 is 0 Å². The van der Waals surface area contributed by atoms with Gasteiger partial charge in [-0.2, -0.15) is 0 Å². The molecule has 1 aliphatic rings. The number of nitrogens with zero attached hydrogens (tertiary/aromatic N) is 1. The number of carboxylic acid groups (broad SMARTS) is 1. The summed E-state index contributed by atoms with van der Waals surface area (Å²) >= 11 is 0. The second kappa shape index (κ2) is 14.7. The van der Waals surface area contributed by atoms with E-state index in [0.29, 0.717) is 44.3 Å². The van der Waals surface area contributed by atoms with Crippen molar-refractivity contribution in [1.82, 2.24) is 10.6 Å². The van der Waals surface area contributed by atoms with Gasteiger partial charge in [0.25, 0.3) is 5.91 Å². The summed E-state index contributed by atoms with van der Waals surface area (Å²) in [6, 6.07) is 28.9. The molecule has 4 aromatic rings. The molecular weight excluding hydrogens is 566 g/mol. The lowest BCUT2D eigenvalue weighted by Crippen LogP contribution is -2.31. The van der Waals surface area contributed by atoms with Crippen LogP contribution in [0.5, 0.6) is 0 Å². The molecule has 1 aliphatic heterocycles. The van der Waals surface area contributed by atoms with Crippen LogP contribution in [0.2, 0.25) is 0 Å². The van der Waals surface area contributed by atoms with E-state index in [1.54, 1.807) is 41.3 Å². The molecule has 4 aromatic carbocycles.